The number of ether oxygens (including phenoxy) is 1. The highest BCUT2D eigenvalue weighted by Gasteiger charge is 2.24. The molecule has 104 valence electrons. The summed E-state index contributed by atoms with van der Waals surface area (Å²) in [5, 5.41) is -0.138. The summed E-state index contributed by atoms with van der Waals surface area (Å²) < 4.78 is 7.86. The van der Waals surface area contributed by atoms with Gasteiger partial charge in [-0.25, -0.2) is 4.98 Å². The summed E-state index contributed by atoms with van der Waals surface area (Å²) in [5.41, 5.74) is 1.89. The van der Waals surface area contributed by atoms with E-state index < -0.39 is 0 Å². The molecule has 0 amide bonds. The molecule has 0 saturated carbocycles. The standard InChI is InChI=1S/C15H21ClN2O/c1-6-19-12-9-7-8-11-13(12)17-14(10(2)16)18(11)15(3,4)5/h7-10H,6H2,1-5H3. The Bertz CT molecular complexity index is 582. The molecular weight excluding hydrogens is 260 g/mol. The summed E-state index contributed by atoms with van der Waals surface area (Å²) in [7, 11) is 0. The molecule has 0 radical (unpaired) electrons. The molecule has 0 N–H and O–H groups in total. The predicted octanol–water partition coefficient (Wildman–Crippen LogP) is 4.49. The first-order chi connectivity index (χ1) is 8.86. The van der Waals surface area contributed by atoms with Crippen molar-refractivity contribution in [1.82, 2.24) is 9.55 Å². The molecule has 0 fully saturated rings. The predicted molar refractivity (Wildman–Crippen MR) is 80.2 cm³/mol. The fraction of sp³-hybridized carbons (Fsp3) is 0.533. The molecule has 1 aromatic heterocycles. The molecule has 0 saturated heterocycles. The zero-order valence-electron chi connectivity index (χ0n) is 12.2. The smallest absolute Gasteiger partial charge is 0.147 e. The number of halogens is 1. The van der Waals surface area contributed by atoms with Gasteiger partial charge in [-0.05, 0) is 46.8 Å². The molecule has 1 atom stereocenters. The highest BCUT2D eigenvalue weighted by Crippen LogP contribution is 2.34. The van der Waals surface area contributed by atoms with Gasteiger partial charge in [0, 0.05) is 5.54 Å². The molecule has 19 heavy (non-hydrogen) atoms. The summed E-state index contributed by atoms with van der Waals surface area (Å²) in [6.07, 6.45) is 0. The lowest BCUT2D eigenvalue weighted by atomic mass is 10.1. The van der Waals surface area contributed by atoms with Crippen LogP contribution in [0.15, 0.2) is 18.2 Å². The first kappa shape index (κ1) is 14.2. The van der Waals surface area contributed by atoms with E-state index in [9.17, 15) is 0 Å². The second-order valence-corrected chi connectivity index (χ2v) is 6.30. The molecule has 1 heterocycles. The SMILES string of the molecule is CCOc1cccc2c1nc(C(C)Cl)n2C(C)(C)C. The molecule has 0 aliphatic rings. The number of nitrogens with zero attached hydrogens (tertiary/aromatic N) is 2. The van der Waals surface area contributed by atoms with Crippen molar-refractivity contribution in [3.05, 3.63) is 24.0 Å². The molecule has 0 bridgehead atoms. The minimum atomic E-state index is -0.138. The molecule has 3 nitrogen and oxygen atoms in total. The Hall–Kier alpha value is -1.22. The zero-order valence-corrected chi connectivity index (χ0v) is 13.0. The highest BCUT2D eigenvalue weighted by molar-refractivity contribution is 6.20. The summed E-state index contributed by atoms with van der Waals surface area (Å²) >= 11 is 6.29. The number of aromatic nitrogens is 2. The maximum atomic E-state index is 6.29. The van der Waals surface area contributed by atoms with E-state index in [2.05, 4.69) is 31.4 Å². The van der Waals surface area contributed by atoms with Crippen LogP contribution >= 0.6 is 11.6 Å². The maximum absolute atomic E-state index is 6.29. The number of alkyl halides is 1. The minimum Gasteiger partial charge on any atom is -0.492 e. The minimum absolute atomic E-state index is 0.0714. The lowest BCUT2D eigenvalue weighted by molar-refractivity contribution is 0.343. The quantitative estimate of drug-likeness (QED) is 0.775. The van der Waals surface area contributed by atoms with Crippen LogP contribution in [0.25, 0.3) is 11.0 Å². The molecule has 4 heteroatoms. The van der Waals surface area contributed by atoms with Gasteiger partial charge in [0.25, 0.3) is 0 Å². The number of hydrogen-bond acceptors (Lipinski definition) is 2. The molecule has 1 aromatic carbocycles. The monoisotopic (exact) mass is 280 g/mol. The van der Waals surface area contributed by atoms with Gasteiger partial charge in [0.2, 0.25) is 0 Å². The normalized spacial score (nSPS) is 13.8. The molecule has 0 aliphatic heterocycles. The van der Waals surface area contributed by atoms with E-state index in [1.165, 1.54) is 0 Å². The van der Waals surface area contributed by atoms with Crippen LogP contribution in [0, 0.1) is 0 Å². The fourth-order valence-corrected chi connectivity index (χ4v) is 2.48. The maximum Gasteiger partial charge on any atom is 0.147 e. The second-order valence-electron chi connectivity index (χ2n) is 5.65. The van der Waals surface area contributed by atoms with Crippen LogP contribution in [0.4, 0.5) is 0 Å². The molecule has 0 spiro atoms. The Morgan fingerprint density at radius 3 is 2.58 bits per heavy atom. The van der Waals surface area contributed by atoms with Crippen molar-refractivity contribution in [3.63, 3.8) is 0 Å². The van der Waals surface area contributed by atoms with E-state index in [0.717, 1.165) is 22.6 Å². The van der Waals surface area contributed by atoms with Gasteiger partial charge in [-0.1, -0.05) is 6.07 Å². The largest absolute Gasteiger partial charge is 0.492 e. The third-order valence-corrected chi connectivity index (χ3v) is 3.20. The van der Waals surface area contributed by atoms with Crippen molar-refractivity contribution in [2.75, 3.05) is 6.61 Å². The van der Waals surface area contributed by atoms with Gasteiger partial charge in [0.1, 0.15) is 17.1 Å². The average Bonchev–Trinajstić information content (AvgIpc) is 2.69. The Balaban J connectivity index is 2.77. The second kappa shape index (κ2) is 5.04. The number of benzene rings is 1. The van der Waals surface area contributed by atoms with E-state index in [4.69, 9.17) is 21.3 Å². The molecule has 1 unspecified atom stereocenters. The van der Waals surface area contributed by atoms with Crippen LogP contribution in [-0.2, 0) is 5.54 Å². The summed E-state index contributed by atoms with van der Waals surface area (Å²) in [6, 6.07) is 6.02. The van der Waals surface area contributed by atoms with Crippen LogP contribution in [0.3, 0.4) is 0 Å². The van der Waals surface area contributed by atoms with Crippen molar-refractivity contribution in [1.29, 1.82) is 0 Å². The Kier molecular flexibility index (Phi) is 3.77. The van der Waals surface area contributed by atoms with E-state index >= 15 is 0 Å². The zero-order chi connectivity index (χ0) is 14.2. The van der Waals surface area contributed by atoms with Crippen molar-refractivity contribution in [3.8, 4) is 5.75 Å². The van der Waals surface area contributed by atoms with E-state index in [0.29, 0.717) is 6.61 Å². The van der Waals surface area contributed by atoms with Crippen LogP contribution in [0.5, 0.6) is 5.75 Å². The van der Waals surface area contributed by atoms with Crippen LogP contribution in [-0.4, -0.2) is 16.2 Å². The van der Waals surface area contributed by atoms with Crippen molar-refractivity contribution >= 4 is 22.6 Å². The molecule has 2 rings (SSSR count). The van der Waals surface area contributed by atoms with Crippen LogP contribution in [0.1, 0.15) is 45.8 Å². The van der Waals surface area contributed by atoms with Gasteiger partial charge in [-0.3, -0.25) is 0 Å². The Morgan fingerprint density at radius 1 is 1.37 bits per heavy atom. The van der Waals surface area contributed by atoms with Crippen LogP contribution in [0.2, 0.25) is 0 Å². The molecule has 0 aliphatic carbocycles. The first-order valence-corrected chi connectivity index (χ1v) is 7.08. The van der Waals surface area contributed by atoms with Crippen molar-refractivity contribution < 1.29 is 4.74 Å². The Labute approximate surface area is 119 Å². The van der Waals surface area contributed by atoms with E-state index in [1.807, 2.05) is 26.0 Å². The third-order valence-electron chi connectivity index (χ3n) is 3.00. The topological polar surface area (TPSA) is 27.1 Å². The number of imidazole rings is 1. The van der Waals surface area contributed by atoms with Crippen LogP contribution < -0.4 is 4.74 Å². The lowest BCUT2D eigenvalue weighted by Crippen LogP contribution is -2.24. The van der Waals surface area contributed by atoms with Gasteiger partial charge in [-0.15, -0.1) is 11.6 Å². The van der Waals surface area contributed by atoms with E-state index in [1.54, 1.807) is 0 Å². The number of rotatable bonds is 3. The lowest BCUT2D eigenvalue weighted by Gasteiger charge is -2.25. The van der Waals surface area contributed by atoms with Gasteiger partial charge >= 0.3 is 0 Å². The van der Waals surface area contributed by atoms with Gasteiger partial charge in [0.05, 0.1) is 17.5 Å². The molecule has 2 aromatic rings. The average molecular weight is 281 g/mol. The summed E-state index contributed by atoms with van der Waals surface area (Å²) in [6.45, 7) is 11.0. The van der Waals surface area contributed by atoms with E-state index in [-0.39, 0.29) is 10.9 Å². The highest BCUT2D eigenvalue weighted by atomic mass is 35.5. The summed E-state index contributed by atoms with van der Waals surface area (Å²) in [4.78, 5) is 4.70. The van der Waals surface area contributed by atoms with Gasteiger partial charge in [-0.2, -0.15) is 0 Å². The number of hydrogen-bond donors (Lipinski definition) is 0. The fourth-order valence-electron chi connectivity index (χ4n) is 2.34. The summed E-state index contributed by atoms with van der Waals surface area (Å²) in [5.74, 6) is 1.71. The van der Waals surface area contributed by atoms with Gasteiger partial charge in [0.15, 0.2) is 0 Å². The third kappa shape index (κ3) is 2.57. The number of fused-ring (bicyclic) bond motifs is 1. The number of para-hydroxylation sites is 1. The van der Waals surface area contributed by atoms with Gasteiger partial charge < -0.3 is 9.30 Å². The Morgan fingerprint density at radius 2 is 2.05 bits per heavy atom. The molecular formula is C15H21ClN2O. The van der Waals surface area contributed by atoms with Crippen molar-refractivity contribution in [2.45, 2.75) is 45.5 Å². The first-order valence-electron chi connectivity index (χ1n) is 6.65. The van der Waals surface area contributed by atoms with Crippen molar-refractivity contribution in [2.24, 2.45) is 0 Å².